The first-order valence-corrected chi connectivity index (χ1v) is 11.0. The highest BCUT2D eigenvalue weighted by atomic mass is 35.5. The molecule has 1 saturated heterocycles. The molecule has 0 atom stereocenters. The molecule has 0 N–H and O–H groups in total. The van der Waals surface area contributed by atoms with Gasteiger partial charge in [0, 0.05) is 50.0 Å². The highest BCUT2D eigenvalue weighted by molar-refractivity contribution is 6.30. The Hall–Kier alpha value is -2.92. The van der Waals surface area contributed by atoms with Crippen molar-refractivity contribution in [3.05, 3.63) is 71.0 Å². The molecule has 162 valence electrons. The average molecular weight is 438 g/mol. The van der Waals surface area contributed by atoms with Crippen LogP contribution >= 0.6 is 11.6 Å². The van der Waals surface area contributed by atoms with Crippen molar-refractivity contribution < 1.29 is 9.53 Å². The van der Waals surface area contributed by atoms with Crippen molar-refractivity contribution in [2.45, 2.75) is 13.8 Å². The van der Waals surface area contributed by atoms with E-state index in [1.165, 1.54) is 0 Å². The number of hydrogen-bond donors (Lipinski definition) is 0. The summed E-state index contributed by atoms with van der Waals surface area (Å²) in [7, 11) is 1.94. The number of amides is 1. The van der Waals surface area contributed by atoms with Crippen LogP contribution in [-0.2, 0) is 7.05 Å². The molecule has 0 spiro atoms. The fraction of sp³-hybridized carbons (Fsp3) is 0.320. The smallest absolute Gasteiger partial charge is 0.271 e. The van der Waals surface area contributed by atoms with Gasteiger partial charge in [-0.3, -0.25) is 4.79 Å². The molecule has 4 rings (SSSR count). The van der Waals surface area contributed by atoms with Gasteiger partial charge in [-0.2, -0.15) is 0 Å². The van der Waals surface area contributed by atoms with Gasteiger partial charge in [-0.15, -0.1) is 0 Å². The number of hydrogen-bond acceptors (Lipinski definition) is 3. The van der Waals surface area contributed by atoms with Crippen molar-refractivity contribution in [1.82, 2.24) is 9.47 Å². The van der Waals surface area contributed by atoms with E-state index in [0.29, 0.717) is 24.7 Å². The number of carbonyl (C=O) groups excluding carboxylic acids is 1. The summed E-state index contributed by atoms with van der Waals surface area (Å²) in [6.07, 6.45) is 2.02. The number of nitrogens with zero attached hydrogens (tertiary/aromatic N) is 3. The molecule has 6 heteroatoms. The second-order valence-corrected chi connectivity index (χ2v) is 8.27. The predicted octanol–water partition coefficient (Wildman–Crippen LogP) is 5.02. The monoisotopic (exact) mass is 437 g/mol. The fourth-order valence-electron chi connectivity index (χ4n) is 4.32. The predicted molar refractivity (Wildman–Crippen MR) is 126 cm³/mol. The summed E-state index contributed by atoms with van der Waals surface area (Å²) in [5, 5.41) is 0.689. The minimum Gasteiger partial charge on any atom is -0.492 e. The Morgan fingerprint density at radius 2 is 1.71 bits per heavy atom. The molecule has 1 aliphatic heterocycles. The van der Waals surface area contributed by atoms with E-state index in [4.69, 9.17) is 16.3 Å². The molecular formula is C25H28ClN3O2. The lowest BCUT2D eigenvalue weighted by Crippen LogP contribution is -2.49. The van der Waals surface area contributed by atoms with Gasteiger partial charge in [0.2, 0.25) is 0 Å². The first-order chi connectivity index (χ1) is 15.0. The quantitative estimate of drug-likeness (QED) is 0.562. The van der Waals surface area contributed by atoms with Gasteiger partial charge in [-0.1, -0.05) is 35.9 Å². The second-order valence-electron chi connectivity index (χ2n) is 7.83. The molecule has 1 aromatic heterocycles. The lowest BCUT2D eigenvalue weighted by Gasteiger charge is -2.37. The normalized spacial score (nSPS) is 14.1. The van der Waals surface area contributed by atoms with Gasteiger partial charge in [0.05, 0.1) is 12.3 Å². The standard InChI is InChI=1S/C25H28ClN3O2/c1-4-31-22-8-6-5-7-21(22)28-13-15-29(16-14-28)25(30)24-23(18(2)17-27(24)3)19-9-11-20(26)12-10-19/h5-12,17H,4,13-16H2,1-3H3. The molecule has 0 saturated carbocycles. The molecule has 31 heavy (non-hydrogen) atoms. The third-order valence-electron chi connectivity index (χ3n) is 5.78. The van der Waals surface area contributed by atoms with E-state index in [9.17, 15) is 4.79 Å². The number of anilines is 1. The molecule has 1 amide bonds. The molecule has 3 aromatic rings. The van der Waals surface area contributed by atoms with Crippen molar-refractivity contribution in [2.24, 2.45) is 7.05 Å². The highest BCUT2D eigenvalue weighted by Gasteiger charge is 2.28. The maximum atomic E-state index is 13.5. The van der Waals surface area contributed by atoms with Crippen LogP contribution in [0, 0.1) is 6.92 Å². The molecule has 1 aliphatic rings. The second kappa shape index (κ2) is 9.06. The summed E-state index contributed by atoms with van der Waals surface area (Å²) in [5.41, 5.74) is 4.89. The van der Waals surface area contributed by atoms with Gasteiger partial charge >= 0.3 is 0 Å². The van der Waals surface area contributed by atoms with E-state index in [-0.39, 0.29) is 5.91 Å². The SMILES string of the molecule is CCOc1ccccc1N1CCN(C(=O)c2c(-c3ccc(Cl)cc3)c(C)cn2C)CC1. The van der Waals surface area contributed by atoms with Crippen LogP contribution in [0.1, 0.15) is 23.0 Å². The van der Waals surface area contributed by atoms with Crippen molar-refractivity contribution in [3.8, 4) is 16.9 Å². The first-order valence-electron chi connectivity index (χ1n) is 10.7. The molecule has 1 fully saturated rings. The molecular weight excluding hydrogens is 410 g/mol. The van der Waals surface area contributed by atoms with Gasteiger partial charge in [0.25, 0.3) is 5.91 Å². The summed E-state index contributed by atoms with van der Waals surface area (Å²) in [4.78, 5) is 17.8. The van der Waals surface area contributed by atoms with Crippen LogP contribution < -0.4 is 9.64 Å². The summed E-state index contributed by atoms with van der Waals surface area (Å²) >= 11 is 6.07. The zero-order valence-corrected chi connectivity index (χ0v) is 19.0. The number of halogens is 1. The number of ether oxygens (including phenoxy) is 1. The topological polar surface area (TPSA) is 37.7 Å². The summed E-state index contributed by atoms with van der Waals surface area (Å²) in [6.45, 7) is 7.56. The van der Waals surface area contributed by atoms with Gasteiger partial charge < -0.3 is 19.1 Å². The maximum Gasteiger partial charge on any atom is 0.271 e. The maximum absolute atomic E-state index is 13.5. The Balaban J connectivity index is 1.54. The van der Waals surface area contributed by atoms with Crippen LogP contribution in [0.2, 0.25) is 5.02 Å². The van der Waals surface area contributed by atoms with E-state index < -0.39 is 0 Å². The highest BCUT2D eigenvalue weighted by Crippen LogP contribution is 2.32. The Labute approximate surface area is 188 Å². The number of benzene rings is 2. The summed E-state index contributed by atoms with van der Waals surface area (Å²) in [5.74, 6) is 0.964. The molecule has 2 heterocycles. The zero-order valence-electron chi connectivity index (χ0n) is 18.3. The van der Waals surface area contributed by atoms with Crippen molar-refractivity contribution >= 4 is 23.2 Å². The van der Waals surface area contributed by atoms with Crippen molar-refractivity contribution in [1.29, 1.82) is 0 Å². The van der Waals surface area contributed by atoms with E-state index in [1.807, 2.05) is 79.0 Å². The number of aryl methyl sites for hydroxylation is 2. The fourth-order valence-corrected chi connectivity index (χ4v) is 4.44. The van der Waals surface area contributed by atoms with Gasteiger partial charge in [0.1, 0.15) is 11.4 Å². The van der Waals surface area contributed by atoms with E-state index in [1.54, 1.807) is 0 Å². The summed E-state index contributed by atoms with van der Waals surface area (Å²) in [6, 6.07) is 15.8. The Bertz CT molecular complexity index is 1070. The lowest BCUT2D eigenvalue weighted by atomic mass is 10.0. The van der Waals surface area contributed by atoms with Crippen LogP contribution in [0.4, 0.5) is 5.69 Å². The van der Waals surface area contributed by atoms with E-state index in [2.05, 4.69) is 11.0 Å². The van der Waals surface area contributed by atoms with Crippen LogP contribution in [0.15, 0.2) is 54.7 Å². The molecule has 0 aliphatic carbocycles. The minimum absolute atomic E-state index is 0.0679. The number of para-hydroxylation sites is 2. The van der Waals surface area contributed by atoms with Crippen molar-refractivity contribution in [2.75, 3.05) is 37.7 Å². The van der Waals surface area contributed by atoms with E-state index in [0.717, 1.165) is 46.9 Å². The molecule has 2 aromatic carbocycles. The number of piperazine rings is 1. The van der Waals surface area contributed by atoms with E-state index >= 15 is 0 Å². The first kappa shape index (κ1) is 21.3. The van der Waals surface area contributed by atoms with Crippen molar-refractivity contribution in [3.63, 3.8) is 0 Å². The molecule has 0 unspecified atom stereocenters. The van der Waals surface area contributed by atoms with Crippen LogP contribution in [0.3, 0.4) is 0 Å². The summed E-state index contributed by atoms with van der Waals surface area (Å²) < 4.78 is 7.73. The Morgan fingerprint density at radius 3 is 2.39 bits per heavy atom. The van der Waals surface area contributed by atoms with Gasteiger partial charge in [0.15, 0.2) is 0 Å². The third kappa shape index (κ3) is 4.28. The average Bonchev–Trinajstić information content (AvgIpc) is 3.08. The minimum atomic E-state index is 0.0679. The largest absolute Gasteiger partial charge is 0.492 e. The molecule has 0 radical (unpaired) electrons. The third-order valence-corrected chi connectivity index (χ3v) is 6.03. The van der Waals surface area contributed by atoms with Gasteiger partial charge in [-0.05, 0) is 49.2 Å². The molecule has 0 bridgehead atoms. The van der Waals surface area contributed by atoms with Crippen LogP contribution in [-0.4, -0.2) is 48.2 Å². The number of rotatable bonds is 5. The zero-order chi connectivity index (χ0) is 22.0. The van der Waals surface area contributed by atoms with Crippen LogP contribution in [0.25, 0.3) is 11.1 Å². The van der Waals surface area contributed by atoms with Gasteiger partial charge in [-0.25, -0.2) is 0 Å². The molecule has 5 nitrogen and oxygen atoms in total. The Kier molecular flexibility index (Phi) is 6.23. The number of carbonyl (C=O) groups is 1. The number of aromatic nitrogens is 1. The van der Waals surface area contributed by atoms with Crippen LogP contribution in [0.5, 0.6) is 5.75 Å². The lowest BCUT2D eigenvalue weighted by molar-refractivity contribution is 0.0738. The Morgan fingerprint density at radius 1 is 1.03 bits per heavy atom.